The maximum atomic E-state index is 12.2. The molecule has 3 heteroatoms. The van der Waals surface area contributed by atoms with E-state index >= 15 is 0 Å². The van der Waals surface area contributed by atoms with E-state index in [0.717, 1.165) is 22.3 Å². The molecule has 0 fully saturated rings. The number of carbonyl (C=O) groups is 1. The minimum Gasteiger partial charge on any atom is -0.439 e. The van der Waals surface area contributed by atoms with Crippen molar-refractivity contribution in [1.82, 2.24) is 0 Å². The van der Waals surface area contributed by atoms with Gasteiger partial charge in [-0.3, -0.25) is 0 Å². The van der Waals surface area contributed by atoms with Crippen molar-refractivity contribution >= 4 is 6.22 Å². The molecule has 18 heavy (non-hydrogen) atoms. The lowest BCUT2D eigenvalue weighted by molar-refractivity contribution is 0.118. The van der Waals surface area contributed by atoms with E-state index < -0.39 is 6.22 Å². The van der Waals surface area contributed by atoms with Crippen LogP contribution >= 0.6 is 0 Å². The predicted molar refractivity (Wildman–Crippen MR) is 66.2 cm³/mol. The van der Waals surface area contributed by atoms with Gasteiger partial charge in [0.2, 0.25) is 0 Å². The fourth-order valence-corrected chi connectivity index (χ4v) is 2.59. The first kappa shape index (κ1) is 11.0. The normalized spacial score (nSPS) is 12.9. The monoisotopic (exact) mass is 242 g/mol. The third-order valence-electron chi connectivity index (χ3n) is 3.33. The number of ether oxygens (including phenoxy) is 1. The summed E-state index contributed by atoms with van der Waals surface area (Å²) in [5.74, 6) is -0.0721. The van der Waals surface area contributed by atoms with Crippen LogP contribution in [0.4, 0.5) is 9.18 Å². The fraction of sp³-hybridized carbons (Fsp3) is 0.133. The maximum Gasteiger partial charge on any atom is 0.495 e. The lowest BCUT2D eigenvalue weighted by Gasteiger charge is -2.11. The van der Waals surface area contributed by atoms with Crippen molar-refractivity contribution in [1.29, 1.82) is 0 Å². The van der Waals surface area contributed by atoms with E-state index in [2.05, 4.69) is 4.74 Å². The highest BCUT2D eigenvalue weighted by Crippen LogP contribution is 2.44. The van der Waals surface area contributed by atoms with E-state index in [4.69, 9.17) is 0 Å². The largest absolute Gasteiger partial charge is 0.495 e. The maximum absolute atomic E-state index is 12.2. The van der Waals surface area contributed by atoms with Crippen LogP contribution in [0, 0.1) is 0 Å². The minimum absolute atomic E-state index is 0.0450. The summed E-state index contributed by atoms with van der Waals surface area (Å²) in [6.45, 7) is 0.0450. The molecule has 0 aromatic heterocycles. The highest BCUT2D eigenvalue weighted by atomic mass is 19.1. The zero-order valence-corrected chi connectivity index (χ0v) is 9.60. The summed E-state index contributed by atoms with van der Waals surface area (Å²) >= 11 is 0. The van der Waals surface area contributed by atoms with Crippen molar-refractivity contribution in [2.24, 2.45) is 0 Å². The van der Waals surface area contributed by atoms with Gasteiger partial charge in [-0.15, -0.1) is 4.39 Å². The van der Waals surface area contributed by atoms with Gasteiger partial charge < -0.3 is 4.74 Å². The van der Waals surface area contributed by atoms with Crippen molar-refractivity contribution in [3.05, 3.63) is 59.7 Å². The second kappa shape index (κ2) is 4.26. The van der Waals surface area contributed by atoms with Gasteiger partial charge in [0.1, 0.15) is 6.61 Å². The van der Waals surface area contributed by atoms with Crippen LogP contribution in [0.25, 0.3) is 11.1 Å². The van der Waals surface area contributed by atoms with Crippen LogP contribution in [0.3, 0.4) is 0 Å². The van der Waals surface area contributed by atoms with E-state index in [1.165, 1.54) is 0 Å². The average molecular weight is 242 g/mol. The summed E-state index contributed by atoms with van der Waals surface area (Å²) in [4.78, 5) is 10.3. The molecule has 0 aliphatic heterocycles. The van der Waals surface area contributed by atoms with Gasteiger partial charge in [-0.25, -0.2) is 4.79 Å². The molecule has 0 amide bonds. The summed E-state index contributed by atoms with van der Waals surface area (Å²) in [5, 5.41) is 0. The van der Waals surface area contributed by atoms with E-state index in [1.54, 1.807) is 0 Å². The molecule has 0 spiro atoms. The number of rotatable bonds is 2. The summed E-state index contributed by atoms with van der Waals surface area (Å²) in [5.41, 5.74) is 4.43. The zero-order valence-electron chi connectivity index (χ0n) is 9.60. The molecule has 1 aliphatic rings. The van der Waals surface area contributed by atoms with E-state index in [-0.39, 0.29) is 12.5 Å². The standard InChI is InChI=1S/C15H11FO2/c16-15(17)18-9-14-12-7-3-1-5-10(12)11-6-2-4-8-13(11)14/h1-8,14H,9H2. The average Bonchev–Trinajstić information content (AvgIpc) is 2.71. The SMILES string of the molecule is O=C(F)OCC1c2ccccc2-c2ccccc21. The Morgan fingerprint density at radius 1 is 1.00 bits per heavy atom. The highest BCUT2D eigenvalue weighted by molar-refractivity contribution is 5.78. The molecule has 2 aromatic carbocycles. The number of benzene rings is 2. The molecule has 2 aromatic rings. The molecule has 1 aliphatic carbocycles. The molecule has 0 N–H and O–H groups in total. The Morgan fingerprint density at radius 3 is 2.00 bits per heavy atom. The van der Waals surface area contributed by atoms with E-state index in [9.17, 15) is 9.18 Å². The molecule has 0 saturated carbocycles. The number of halogens is 1. The first-order chi connectivity index (χ1) is 8.77. The molecular formula is C15H11FO2. The van der Waals surface area contributed by atoms with Gasteiger partial charge in [-0.05, 0) is 22.3 Å². The summed E-state index contributed by atoms with van der Waals surface area (Å²) in [6.07, 6.45) is -1.73. The van der Waals surface area contributed by atoms with Crippen molar-refractivity contribution in [2.75, 3.05) is 6.61 Å². The molecular weight excluding hydrogens is 231 g/mol. The smallest absolute Gasteiger partial charge is 0.439 e. The Labute approximate surface area is 104 Å². The lowest BCUT2D eigenvalue weighted by atomic mass is 9.98. The van der Waals surface area contributed by atoms with Gasteiger partial charge in [-0.2, -0.15) is 0 Å². The van der Waals surface area contributed by atoms with Crippen LogP contribution in [0.15, 0.2) is 48.5 Å². The fourth-order valence-electron chi connectivity index (χ4n) is 2.59. The van der Waals surface area contributed by atoms with Gasteiger partial charge in [0.15, 0.2) is 0 Å². The molecule has 2 nitrogen and oxygen atoms in total. The van der Waals surface area contributed by atoms with Gasteiger partial charge in [0.05, 0.1) is 0 Å². The summed E-state index contributed by atoms with van der Waals surface area (Å²) in [6, 6.07) is 15.9. The van der Waals surface area contributed by atoms with Crippen molar-refractivity contribution in [2.45, 2.75) is 5.92 Å². The summed E-state index contributed by atoms with van der Waals surface area (Å²) < 4.78 is 16.8. The third-order valence-corrected chi connectivity index (χ3v) is 3.33. The van der Waals surface area contributed by atoms with Crippen molar-refractivity contribution in [3.8, 4) is 11.1 Å². The van der Waals surface area contributed by atoms with E-state index in [1.807, 2.05) is 48.5 Å². The molecule has 90 valence electrons. The second-order valence-corrected chi connectivity index (χ2v) is 4.28. The first-order valence-corrected chi connectivity index (χ1v) is 5.78. The Hall–Kier alpha value is -2.16. The summed E-state index contributed by atoms with van der Waals surface area (Å²) in [7, 11) is 0. The molecule has 3 rings (SSSR count). The second-order valence-electron chi connectivity index (χ2n) is 4.28. The van der Waals surface area contributed by atoms with Crippen LogP contribution in [-0.2, 0) is 4.74 Å². The lowest BCUT2D eigenvalue weighted by Crippen LogP contribution is -2.08. The molecule has 0 bridgehead atoms. The molecule has 0 atom stereocenters. The van der Waals surface area contributed by atoms with Crippen LogP contribution in [0.5, 0.6) is 0 Å². The molecule has 0 heterocycles. The van der Waals surface area contributed by atoms with Gasteiger partial charge >= 0.3 is 6.22 Å². The Balaban J connectivity index is 2.06. The van der Waals surface area contributed by atoms with Crippen LogP contribution in [-0.4, -0.2) is 12.8 Å². The van der Waals surface area contributed by atoms with Gasteiger partial charge in [-0.1, -0.05) is 48.5 Å². The van der Waals surface area contributed by atoms with Crippen LogP contribution < -0.4 is 0 Å². The molecule has 0 radical (unpaired) electrons. The van der Waals surface area contributed by atoms with Gasteiger partial charge in [0, 0.05) is 5.92 Å². The Morgan fingerprint density at radius 2 is 1.50 bits per heavy atom. The quantitative estimate of drug-likeness (QED) is 0.746. The minimum atomic E-state index is -1.73. The molecule has 0 saturated heterocycles. The predicted octanol–water partition coefficient (Wildman–Crippen LogP) is 3.91. The number of hydrogen-bond donors (Lipinski definition) is 0. The Kier molecular flexibility index (Phi) is 2.59. The van der Waals surface area contributed by atoms with Gasteiger partial charge in [0.25, 0.3) is 0 Å². The Bertz CT molecular complexity index is 561. The molecule has 0 unspecified atom stereocenters. The highest BCUT2D eigenvalue weighted by Gasteiger charge is 2.28. The topological polar surface area (TPSA) is 26.3 Å². The number of fused-ring (bicyclic) bond motifs is 3. The number of carbonyl (C=O) groups excluding carboxylic acids is 1. The van der Waals surface area contributed by atoms with E-state index in [0.29, 0.717) is 0 Å². The van der Waals surface area contributed by atoms with Crippen LogP contribution in [0.2, 0.25) is 0 Å². The van der Waals surface area contributed by atoms with Crippen LogP contribution in [0.1, 0.15) is 17.0 Å². The number of hydrogen-bond acceptors (Lipinski definition) is 2. The third kappa shape index (κ3) is 1.68. The first-order valence-electron chi connectivity index (χ1n) is 5.78. The van der Waals surface area contributed by atoms with Crippen molar-refractivity contribution < 1.29 is 13.9 Å². The zero-order chi connectivity index (χ0) is 12.5. The van der Waals surface area contributed by atoms with Crippen molar-refractivity contribution in [3.63, 3.8) is 0 Å².